The number of ether oxygens (including phenoxy) is 1. The van der Waals surface area contributed by atoms with Crippen molar-refractivity contribution in [1.82, 2.24) is 0 Å². The van der Waals surface area contributed by atoms with E-state index in [-0.39, 0.29) is 5.78 Å². The standard InChI is InChI=1S/C14H20O2/c1-5-6-7-13(15)12-8-9-14(16-4)11(3)10(12)2/h8-9H,5-7H2,1-4H3. The number of carbonyl (C=O) groups is 1. The molecule has 0 spiro atoms. The molecule has 1 aromatic carbocycles. The van der Waals surface area contributed by atoms with Crippen molar-refractivity contribution >= 4 is 5.78 Å². The Balaban J connectivity index is 2.98. The number of methoxy groups -OCH3 is 1. The molecule has 0 saturated heterocycles. The van der Waals surface area contributed by atoms with E-state index < -0.39 is 0 Å². The lowest BCUT2D eigenvalue weighted by molar-refractivity contribution is 0.0979. The van der Waals surface area contributed by atoms with Gasteiger partial charge >= 0.3 is 0 Å². The third-order valence-electron chi connectivity index (χ3n) is 3.02. The molecule has 0 radical (unpaired) electrons. The van der Waals surface area contributed by atoms with Crippen LogP contribution >= 0.6 is 0 Å². The average Bonchev–Trinajstić information content (AvgIpc) is 2.29. The summed E-state index contributed by atoms with van der Waals surface area (Å²) in [5, 5.41) is 0. The molecule has 0 heterocycles. The minimum atomic E-state index is 0.241. The van der Waals surface area contributed by atoms with Crippen LogP contribution in [0.25, 0.3) is 0 Å². The van der Waals surface area contributed by atoms with E-state index in [0.29, 0.717) is 6.42 Å². The number of hydrogen-bond donors (Lipinski definition) is 0. The lowest BCUT2D eigenvalue weighted by Crippen LogP contribution is -2.04. The highest BCUT2D eigenvalue weighted by Crippen LogP contribution is 2.25. The Hall–Kier alpha value is -1.31. The molecule has 0 aliphatic heterocycles. The maximum Gasteiger partial charge on any atom is 0.163 e. The van der Waals surface area contributed by atoms with Crippen molar-refractivity contribution < 1.29 is 9.53 Å². The van der Waals surface area contributed by atoms with Gasteiger partial charge in [-0.15, -0.1) is 0 Å². The first-order valence-electron chi connectivity index (χ1n) is 5.79. The van der Waals surface area contributed by atoms with Crippen molar-refractivity contribution in [1.29, 1.82) is 0 Å². The minimum Gasteiger partial charge on any atom is -0.496 e. The summed E-state index contributed by atoms with van der Waals surface area (Å²) < 4.78 is 5.23. The molecule has 88 valence electrons. The molecule has 16 heavy (non-hydrogen) atoms. The van der Waals surface area contributed by atoms with Gasteiger partial charge in [0.1, 0.15) is 5.75 Å². The molecule has 0 N–H and O–H groups in total. The van der Waals surface area contributed by atoms with Crippen LogP contribution in [-0.2, 0) is 0 Å². The van der Waals surface area contributed by atoms with E-state index in [1.165, 1.54) is 0 Å². The van der Waals surface area contributed by atoms with Gasteiger partial charge in [-0.2, -0.15) is 0 Å². The van der Waals surface area contributed by atoms with Gasteiger partial charge in [-0.05, 0) is 43.5 Å². The first-order valence-corrected chi connectivity index (χ1v) is 5.79. The predicted molar refractivity (Wildman–Crippen MR) is 66.3 cm³/mol. The summed E-state index contributed by atoms with van der Waals surface area (Å²) in [6.07, 6.45) is 2.66. The van der Waals surface area contributed by atoms with Crippen LogP contribution in [0, 0.1) is 13.8 Å². The van der Waals surface area contributed by atoms with Crippen molar-refractivity contribution in [2.24, 2.45) is 0 Å². The second-order valence-corrected chi connectivity index (χ2v) is 4.09. The normalized spacial score (nSPS) is 10.2. The molecule has 1 aromatic rings. The summed E-state index contributed by atoms with van der Waals surface area (Å²) in [6, 6.07) is 3.75. The molecule has 2 heteroatoms. The number of benzene rings is 1. The first-order chi connectivity index (χ1) is 7.61. The average molecular weight is 220 g/mol. The van der Waals surface area contributed by atoms with Crippen LogP contribution in [-0.4, -0.2) is 12.9 Å². The number of ketones is 1. The highest BCUT2D eigenvalue weighted by Gasteiger charge is 2.12. The van der Waals surface area contributed by atoms with Gasteiger partial charge in [0.15, 0.2) is 5.78 Å². The Labute approximate surface area is 97.6 Å². The molecule has 0 atom stereocenters. The molecule has 0 bridgehead atoms. The fraction of sp³-hybridized carbons (Fsp3) is 0.500. The Morgan fingerprint density at radius 3 is 2.50 bits per heavy atom. The topological polar surface area (TPSA) is 26.3 Å². The lowest BCUT2D eigenvalue weighted by atomic mass is 9.97. The highest BCUT2D eigenvalue weighted by atomic mass is 16.5. The number of Topliss-reactive ketones (excluding diaryl/α,β-unsaturated/α-hetero) is 1. The van der Waals surface area contributed by atoms with Gasteiger partial charge in [0, 0.05) is 12.0 Å². The van der Waals surface area contributed by atoms with Crippen molar-refractivity contribution in [2.45, 2.75) is 40.0 Å². The largest absolute Gasteiger partial charge is 0.496 e. The molecule has 2 nitrogen and oxygen atoms in total. The van der Waals surface area contributed by atoms with E-state index in [1.807, 2.05) is 26.0 Å². The third kappa shape index (κ3) is 2.63. The predicted octanol–water partition coefficient (Wildman–Crippen LogP) is 3.68. The zero-order valence-electron chi connectivity index (χ0n) is 10.6. The summed E-state index contributed by atoms with van der Waals surface area (Å²) in [5.41, 5.74) is 2.94. The molecule has 0 fully saturated rings. The number of carbonyl (C=O) groups excluding carboxylic acids is 1. The molecule has 0 saturated carbocycles. The molecule has 0 aromatic heterocycles. The number of unbranched alkanes of at least 4 members (excludes halogenated alkanes) is 1. The molecule has 0 unspecified atom stereocenters. The first kappa shape index (κ1) is 12.8. The SMILES string of the molecule is CCCCC(=O)c1ccc(OC)c(C)c1C. The van der Waals surface area contributed by atoms with Gasteiger partial charge in [-0.1, -0.05) is 13.3 Å². The Bertz CT molecular complexity index is 381. The summed E-state index contributed by atoms with van der Waals surface area (Å²) in [7, 11) is 1.65. The van der Waals surface area contributed by atoms with Crippen LogP contribution in [0.4, 0.5) is 0 Å². The van der Waals surface area contributed by atoms with Crippen LogP contribution in [0.5, 0.6) is 5.75 Å². The Kier molecular flexibility index (Phi) is 4.53. The van der Waals surface area contributed by atoms with E-state index in [2.05, 4.69) is 6.92 Å². The van der Waals surface area contributed by atoms with E-state index in [4.69, 9.17) is 4.74 Å². The molecule has 1 rings (SSSR count). The van der Waals surface area contributed by atoms with Crippen LogP contribution in [0.15, 0.2) is 12.1 Å². The maximum atomic E-state index is 11.9. The van der Waals surface area contributed by atoms with Crippen LogP contribution < -0.4 is 4.74 Å². The van der Waals surface area contributed by atoms with Crippen molar-refractivity contribution in [2.75, 3.05) is 7.11 Å². The van der Waals surface area contributed by atoms with Gasteiger partial charge in [-0.3, -0.25) is 4.79 Å². The van der Waals surface area contributed by atoms with Crippen LogP contribution in [0.2, 0.25) is 0 Å². The zero-order valence-corrected chi connectivity index (χ0v) is 10.6. The summed E-state index contributed by atoms with van der Waals surface area (Å²) >= 11 is 0. The molecule has 0 aliphatic carbocycles. The molecular weight excluding hydrogens is 200 g/mol. The van der Waals surface area contributed by atoms with E-state index in [9.17, 15) is 4.79 Å². The van der Waals surface area contributed by atoms with Gasteiger partial charge in [0.2, 0.25) is 0 Å². The van der Waals surface area contributed by atoms with Crippen molar-refractivity contribution in [3.05, 3.63) is 28.8 Å². The molecule has 0 aliphatic rings. The fourth-order valence-electron chi connectivity index (χ4n) is 1.79. The molecule has 0 amide bonds. The minimum absolute atomic E-state index is 0.241. The summed E-state index contributed by atoms with van der Waals surface area (Å²) in [6.45, 7) is 6.07. The quantitative estimate of drug-likeness (QED) is 0.707. The Morgan fingerprint density at radius 1 is 1.25 bits per heavy atom. The molecular formula is C14H20O2. The van der Waals surface area contributed by atoms with Crippen molar-refractivity contribution in [3.8, 4) is 5.75 Å². The van der Waals surface area contributed by atoms with E-state index in [0.717, 1.165) is 35.3 Å². The third-order valence-corrected chi connectivity index (χ3v) is 3.02. The monoisotopic (exact) mass is 220 g/mol. The fourth-order valence-corrected chi connectivity index (χ4v) is 1.79. The maximum absolute atomic E-state index is 11.9. The van der Waals surface area contributed by atoms with E-state index in [1.54, 1.807) is 7.11 Å². The summed E-state index contributed by atoms with van der Waals surface area (Å²) in [4.78, 5) is 11.9. The second-order valence-electron chi connectivity index (χ2n) is 4.09. The van der Waals surface area contributed by atoms with E-state index >= 15 is 0 Å². The zero-order chi connectivity index (χ0) is 12.1. The highest BCUT2D eigenvalue weighted by molar-refractivity contribution is 5.97. The number of rotatable bonds is 5. The van der Waals surface area contributed by atoms with Gasteiger partial charge in [0.25, 0.3) is 0 Å². The van der Waals surface area contributed by atoms with Gasteiger partial charge in [0.05, 0.1) is 7.11 Å². The van der Waals surface area contributed by atoms with Crippen molar-refractivity contribution in [3.63, 3.8) is 0 Å². The van der Waals surface area contributed by atoms with Crippen LogP contribution in [0.3, 0.4) is 0 Å². The second kappa shape index (κ2) is 5.69. The number of hydrogen-bond acceptors (Lipinski definition) is 2. The van der Waals surface area contributed by atoms with Crippen LogP contribution in [0.1, 0.15) is 47.7 Å². The van der Waals surface area contributed by atoms with Gasteiger partial charge in [-0.25, -0.2) is 0 Å². The smallest absolute Gasteiger partial charge is 0.163 e. The lowest BCUT2D eigenvalue weighted by Gasteiger charge is -2.11. The van der Waals surface area contributed by atoms with Gasteiger partial charge < -0.3 is 4.74 Å². The summed E-state index contributed by atoms with van der Waals surface area (Å²) in [5.74, 6) is 1.09. The Morgan fingerprint density at radius 2 is 1.94 bits per heavy atom.